The van der Waals surface area contributed by atoms with Gasteiger partial charge in [0.1, 0.15) is 5.70 Å². The fourth-order valence-corrected chi connectivity index (χ4v) is 5.84. The first-order valence-electron chi connectivity index (χ1n) is 14.2. The predicted molar refractivity (Wildman–Crippen MR) is 179 cm³/mol. The SMILES string of the molecule is Cc1ccc(/C=C(/NC(=O)c2ccccc2)C(=O)Nc2cccc(SCC(=O)n3c4ccccc4c4ccccc43)c2)cc1. The lowest BCUT2D eigenvalue weighted by Crippen LogP contribution is -2.30. The summed E-state index contributed by atoms with van der Waals surface area (Å²) in [6.07, 6.45) is 1.65. The number of aromatic nitrogens is 1. The summed E-state index contributed by atoms with van der Waals surface area (Å²) in [6.45, 7) is 1.99. The van der Waals surface area contributed by atoms with E-state index in [0.717, 1.165) is 37.8 Å². The Morgan fingerprint density at radius 1 is 0.727 bits per heavy atom. The van der Waals surface area contributed by atoms with Crippen LogP contribution >= 0.6 is 11.8 Å². The van der Waals surface area contributed by atoms with E-state index in [-0.39, 0.29) is 23.3 Å². The lowest BCUT2D eigenvalue weighted by molar-refractivity contribution is -0.113. The molecule has 0 fully saturated rings. The molecule has 5 aromatic carbocycles. The zero-order valence-corrected chi connectivity index (χ0v) is 24.8. The molecule has 216 valence electrons. The van der Waals surface area contributed by atoms with Gasteiger partial charge in [0, 0.05) is 26.9 Å². The van der Waals surface area contributed by atoms with Gasteiger partial charge < -0.3 is 10.6 Å². The van der Waals surface area contributed by atoms with Crippen LogP contribution in [0.25, 0.3) is 27.9 Å². The van der Waals surface area contributed by atoms with Crippen LogP contribution in [0.4, 0.5) is 5.69 Å². The van der Waals surface area contributed by atoms with E-state index in [9.17, 15) is 14.4 Å². The van der Waals surface area contributed by atoms with Crippen molar-refractivity contribution in [2.24, 2.45) is 0 Å². The Hall–Kier alpha value is -5.40. The molecule has 6 nitrogen and oxygen atoms in total. The molecule has 1 heterocycles. The highest BCUT2D eigenvalue weighted by Gasteiger charge is 2.17. The van der Waals surface area contributed by atoms with Crippen molar-refractivity contribution in [3.05, 3.63) is 150 Å². The van der Waals surface area contributed by atoms with Gasteiger partial charge in [0.05, 0.1) is 16.8 Å². The number of rotatable bonds is 8. The van der Waals surface area contributed by atoms with Gasteiger partial charge in [-0.2, -0.15) is 0 Å². The fraction of sp³-hybridized carbons (Fsp3) is 0.0541. The monoisotopic (exact) mass is 595 g/mol. The van der Waals surface area contributed by atoms with Crippen LogP contribution in [0.5, 0.6) is 0 Å². The number of anilines is 1. The van der Waals surface area contributed by atoms with Gasteiger partial charge in [-0.3, -0.25) is 19.0 Å². The first-order chi connectivity index (χ1) is 21.5. The molecular weight excluding hydrogens is 566 g/mol. The third-order valence-electron chi connectivity index (χ3n) is 7.20. The molecule has 0 atom stereocenters. The van der Waals surface area contributed by atoms with E-state index in [1.165, 1.54) is 11.8 Å². The Morgan fingerprint density at radius 3 is 2.05 bits per heavy atom. The average Bonchev–Trinajstić information content (AvgIpc) is 3.39. The highest BCUT2D eigenvalue weighted by Crippen LogP contribution is 2.30. The lowest BCUT2D eigenvalue weighted by atomic mass is 10.1. The summed E-state index contributed by atoms with van der Waals surface area (Å²) in [5.74, 6) is -0.662. The molecule has 44 heavy (non-hydrogen) atoms. The summed E-state index contributed by atoms with van der Waals surface area (Å²) in [6, 6.07) is 39.6. The predicted octanol–water partition coefficient (Wildman–Crippen LogP) is 7.95. The summed E-state index contributed by atoms with van der Waals surface area (Å²) in [4.78, 5) is 40.8. The summed E-state index contributed by atoms with van der Waals surface area (Å²) < 4.78 is 1.78. The highest BCUT2D eigenvalue weighted by molar-refractivity contribution is 8.00. The first kappa shape index (κ1) is 28.7. The van der Waals surface area contributed by atoms with Crippen molar-refractivity contribution >= 4 is 63.1 Å². The van der Waals surface area contributed by atoms with Crippen LogP contribution < -0.4 is 10.6 Å². The topological polar surface area (TPSA) is 80.2 Å². The van der Waals surface area contributed by atoms with E-state index in [1.54, 1.807) is 41.0 Å². The molecule has 0 saturated carbocycles. The molecule has 6 rings (SSSR count). The second-order valence-corrected chi connectivity index (χ2v) is 11.4. The normalized spacial score (nSPS) is 11.4. The fourth-order valence-electron chi connectivity index (χ4n) is 5.03. The highest BCUT2D eigenvalue weighted by atomic mass is 32.2. The number of aryl methyl sites for hydroxylation is 1. The third-order valence-corrected chi connectivity index (χ3v) is 8.18. The van der Waals surface area contributed by atoms with Crippen LogP contribution in [0.15, 0.2) is 138 Å². The number of carbonyl (C=O) groups is 3. The summed E-state index contributed by atoms with van der Waals surface area (Å²) in [5, 5.41) is 7.77. The second kappa shape index (κ2) is 12.9. The number of benzene rings is 5. The smallest absolute Gasteiger partial charge is 0.272 e. The molecule has 2 amide bonds. The number of fused-ring (bicyclic) bond motifs is 3. The molecule has 0 aliphatic rings. The van der Waals surface area contributed by atoms with Gasteiger partial charge in [-0.15, -0.1) is 11.8 Å². The lowest BCUT2D eigenvalue weighted by Gasteiger charge is -2.12. The van der Waals surface area contributed by atoms with E-state index in [1.807, 2.05) is 104 Å². The Morgan fingerprint density at radius 2 is 1.36 bits per heavy atom. The summed E-state index contributed by atoms with van der Waals surface area (Å²) in [5.41, 5.74) is 4.74. The molecule has 0 unspecified atom stereocenters. The first-order valence-corrected chi connectivity index (χ1v) is 15.2. The van der Waals surface area contributed by atoms with Crippen LogP contribution in [0.1, 0.15) is 26.3 Å². The van der Waals surface area contributed by atoms with E-state index >= 15 is 0 Å². The van der Waals surface area contributed by atoms with Crippen molar-refractivity contribution < 1.29 is 14.4 Å². The number of hydrogen-bond acceptors (Lipinski definition) is 4. The molecule has 0 aliphatic carbocycles. The van der Waals surface area contributed by atoms with E-state index < -0.39 is 5.91 Å². The van der Waals surface area contributed by atoms with E-state index in [4.69, 9.17) is 0 Å². The molecule has 1 aromatic heterocycles. The maximum atomic E-state index is 13.5. The molecule has 0 spiro atoms. The van der Waals surface area contributed by atoms with Gasteiger partial charge in [-0.05, 0) is 61.0 Å². The van der Waals surface area contributed by atoms with Crippen molar-refractivity contribution in [3.63, 3.8) is 0 Å². The minimum absolute atomic E-state index is 0.0335. The van der Waals surface area contributed by atoms with Gasteiger partial charge in [0.2, 0.25) is 5.91 Å². The Kier molecular flexibility index (Phi) is 8.39. The Balaban J connectivity index is 1.19. The number of nitrogens with one attached hydrogen (secondary N) is 2. The zero-order chi connectivity index (χ0) is 30.5. The molecule has 7 heteroatoms. The van der Waals surface area contributed by atoms with Gasteiger partial charge in [-0.1, -0.05) is 90.5 Å². The average molecular weight is 596 g/mol. The molecule has 0 saturated heterocycles. The van der Waals surface area contributed by atoms with E-state index in [0.29, 0.717) is 11.3 Å². The minimum Gasteiger partial charge on any atom is -0.321 e. The van der Waals surface area contributed by atoms with Gasteiger partial charge in [0.15, 0.2) is 0 Å². The van der Waals surface area contributed by atoms with Crippen molar-refractivity contribution in [1.29, 1.82) is 0 Å². The van der Waals surface area contributed by atoms with Crippen molar-refractivity contribution in [2.75, 3.05) is 11.1 Å². The van der Waals surface area contributed by atoms with Crippen molar-refractivity contribution in [2.45, 2.75) is 11.8 Å². The Bertz CT molecular complexity index is 1980. The summed E-state index contributed by atoms with van der Waals surface area (Å²) >= 11 is 1.40. The molecule has 2 N–H and O–H groups in total. The van der Waals surface area contributed by atoms with E-state index in [2.05, 4.69) is 10.6 Å². The largest absolute Gasteiger partial charge is 0.321 e. The zero-order valence-electron chi connectivity index (χ0n) is 24.0. The molecule has 0 aliphatic heterocycles. The number of nitrogens with zero attached hydrogens (tertiary/aromatic N) is 1. The minimum atomic E-state index is -0.460. The number of para-hydroxylation sites is 2. The number of carbonyl (C=O) groups excluding carboxylic acids is 3. The molecule has 0 radical (unpaired) electrons. The molecule has 0 bridgehead atoms. The second-order valence-electron chi connectivity index (χ2n) is 10.3. The standard InChI is InChI=1S/C37H29N3O3S/c1-25-18-20-26(21-19-25)22-32(39-36(42)27-10-3-2-4-11-27)37(43)38-28-12-9-13-29(23-28)44-24-35(41)40-33-16-7-5-14-30(33)31-15-6-8-17-34(31)40/h2-23H,24H2,1H3,(H,38,43)(H,39,42)/b32-22+. The van der Waals surface area contributed by atoms with Crippen molar-refractivity contribution in [1.82, 2.24) is 9.88 Å². The number of hydrogen-bond donors (Lipinski definition) is 2. The van der Waals surface area contributed by atoms with Crippen LogP contribution in [0, 0.1) is 6.92 Å². The quantitative estimate of drug-likeness (QED) is 0.138. The molecular formula is C37H29N3O3S. The van der Waals surface area contributed by atoms with Crippen LogP contribution in [0.3, 0.4) is 0 Å². The Labute approximate surface area is 259 Å². The summed E-state index contributed by atoms with van der Waals surface area (Å²) in [7, 11) is 0. The van der Waals surface area contributed by atoms with Crippen LogP contribution in [-0.4, -0.2) is 28.0 Å². The number of amides is 2. The van der Waals surface area contributed by atoms with Gasteiger partial charge in [-0.25, -0.2) is 0 Å². The third kappa shape index (κ3) is 6.33. The van der Waals surface area contributed by atoms with Gasteiger partial charge >= 0.3 is 0 Å². The maximum Gasteiger partial charge on any atom is 0.272 e. The van der Waals surface area contributed by atoms with Crippen LogP contribution in [-0.2, 0) is 4.79 Å². The van der Waals surface area contributed by atoms with Crippen molar-refractivity contribution in [3.8, 4) is 0 Å². The van der Waals surface area contributed by atoms with Crippen LogP contribution in [0.2, 0.25) is 0 Å². The number of thioether (sulfide) groups is 1. The van der Waals surface area contributed by atoms with Gasteiger partial charge in [0.25, 0.3) is 11.8 Å². The maximum absolute atomic E-state index is 13.5. The molecule has 6 aromatic rings.